The van der Waals surface area contributed by atoms with Crippen molar-refractivity contribution in [1.82, 2.24) is 14.5 Å². The molecule has 0 fully saturated rings. The molecule has 1 aliphatic heterocycles. The summed E-state index contributed by atoms with van der Waals surface area (Å²) in [6.45, 7) is 2.70. The summed E-state index contributed by atoms with van der Waals surface area (Å²) in [6.07, 6.45) is 9.80. The van der Waals surface area contributed by atoms with Gasteiger partial charge in [-0.15, -0.1) is 0 Å². The highest BCUT2D eigenvalue weighted by molar-refractivity contribution is 6.30. The van der Waals surface area contributed by atoms with Crippen molar-refractivity contribution in [2.24, 2.45) is 0 Å². The third kappa shape index (κ3) is 2.91. The fraction of sp³-hybridized carbons (Fsp3) is 0.211. The lowest BCUT2D eigenvalue weighted by Crippen LogP contribution is -2.37. The maximum absolute atomic E-state index is 12.9. The highest BCUT2D eigenvalue weighted by Gasteiger charge is 2.26. The second-order valence-corrected chi connectivity index (χ2v) is 6.61. The first kappa shape index (κ1) is 15.8. The summed E-state index contributed by atoms with van der Waals surface area (Å²) >= 11 is 6.04. The van der Waals surface area contributed by atoms with Crippen LogP contribution in [0.25, 0.3) is 0 Å². The minimum Gasteiger partial charge on any atom is -0.330 e. The van der Waals surface area contributed by atoms with E-state index in [1.54, 1.807) is 35.8 Å². The standard InChI is InChI=1S/C19H17ClN4O/c1-13(23-7-5-21-12-23)15-9-17(11-22-10-15)24-6-4-14-8-16(20)2-3-18(14)19(24)25/h2-3,5,7-13H,4,6H2,1H3. The van der Waals surface area contributed by atoms with Crippen LogP contribution in [0.3, 0.4) is 0 Å². The molecule has 1 unspecified atom stereocenters. The van der Waals surface area contributed by atoms with E-state index < -0.39 is 0 Å². The number of hydrogen-bond donors (Lipinski definition) is 0. The average molecular weight is 353 g/mol. The molecule has 5 nitrogen and oxygen atoms in total. The van der Waals surface area contributed by atoms with E-state index in [0.717, 1.165) is 23.2 Å². The maximum Gasteiger partial charge on any atom is 0.258 e. The van der Waals surface area contributed by atoms with Gasteiger partial charge in [-0.25, -0.2) is 4.98 Å². The van der Waals surface area contributed by atoms with E-state index in [1.165, 1.54) is 0 Å². The van der Waals surface area contributed by atoms with Crippen LogP contribution >= 0.6 is 11.6 Å². The van der Waals surface area contributed by atoms with Crippen LogP contribution in [0.2, 0.25) is 5.02 Å². The van der Waals surface area contributed by atoms with Gasteiger partial charge in [0.1, 0.15) is 0 Å². The SMILES string of the molecule is CC(c1cncc(N2CCc3cc(Cl)ccc3C2=O)c1)n1ccnc1. The van der Waals surface area contributed by atoms with Crippen molar-refractivity contribution in [3.63, 3.8) is 0 Å². The Hall–Kier alpha value is -2.66. The molecule has 0 bridgehead atoms. The highest BCUT2D eigenvalue weighted by atomic mass is 35.5. The van der Waals surface area contributed by atoms with E-state index in [1.807, 2.05) is 29.1 Å². The minimum atomic E-state index is -0.00727. The molecular formula is C19H17ClN4O. The van der Waals surface area contributed by atoms with Crippen molar-refractivity contribution in [2.75, 3.05) is 11.4 Å². The largest absolute Gasteiger partial charge is 0.330 e. The summed E-state index contributed by atoms with van der Waals surface area (Å²) in [5.41, 5.74) is 3.56. The van der Waals surface area contributed by atoms with Gasteiger partial charge in [0, 0.05) is 35.7 Å². The fourth-order valence-corrected chi connectivity index (χ4v) is 3.39. The molecule has 1 atom stereocenters. The molecule has 3 aromatic rings. The van der Waals surface area contributed by atoms with E-state index in [-0.39, 0.29) is 11.9 Å². The van der Waals surface area contributed by atoms with E-state index in [0.29, 0.717) is 17.1 Å². The van der Waals surface area contributed by atoms with Gasteiger partial charge in [-0.3, -0.25) is 9.78 Å². The van der Waals surface area contributed by atoms with Crippen LogP contribution in [0.5, 0.6) is 0 Å². The zero-order valence-electron chi connectivity index (χ0n) is 13.8. The van der Waals surface area contributed by atoms with Crippen LogP contribution in [0.4, 0.5) is 5.69 Å². The summed E-state index contributed by atoms with van der Waals surface area (Å²) < 4.78 is 2.01. The molecule has 6 heteroatoms. The molecule has 4 rings (SSSR count). The number of pyridine rings is 1. The second kappa shape index (κ2) is 6.33. The molecule has 2 aromatic heterocycles. The van der Waals surface area contributed by atoms with Crippen molar-refractivity contribution in [2.45, 2.75) is 19.4 Å². The molecule has 1 amide bonds. The topological polar surface area (TPSA) is 51.0 Å². The van der Waals surface area contributed by atoms with Crippen LogP contribution in [0.15, 0.2) is 55.4 Å². The van der Waals surface area contributed by atoms with Crippen LogP contribution in [0, 0.1) is 0 Å². The Morgan fingerprint density at radius 3 is 2.88 bits per heavy atom. The number of benzene rings is 1. The summed E-state index contributed by atoms with van der Waals surface area (Å²) in [6, 6.07) is 7.56. The summed E-state index contributed by atoms with van der Waals surface area (Å²) in [4.78, 5) is 23.1. The van der Waals surface area contributed by atoms with Gasteiger partial charge in [0.15, 0.2) is 0 Å². The smallest absolute Gasteiger partial charge is 0.258 e. The van der Waals surface area contributed by atoms with Gasteiger partial charge in [-0.2, -0.15) is 0 Å². The predicted molar refractivity (Wildman–Crippen MR) is 97.1 cm³/mol. The number of hydrogen-bond acceptors (Lipinski definition) is 3. The van der Waals surface area contributed by atoms with Crippen LogP contribution in [-0.4, -0.2) is 27.0 Å². The van der Waals surface area contributed by atoms with Gasteiger partial charge in [0.05, 0.1) is 24.3 Å². The summed E-state index contributed by atoms with van der Waals surface area (Å²) in [7, 11) is 0. The molecule has 3 heterocycles. The Morgan fingerprint density at radius 1 is 1.20 bits per heavy atom. The first-order valence-electron chi connectivity index (χ1n) is 8.16. The number of carbonyl (C=O) groups excluding carboxylic acids is 1. The lowest BCUT2D eigenvalue weighted by molar-refractivity contribution is 0.0980. The average Bonchev–Trinajstić information content (AvgIpc) is 3.16. The second-order valence-electron chi connectivity index (χ2n) is 6.17. The summed E-state index contributed by atoms with van der Waals surface area (Å²) in [5.74, 6) is -0.00727. The number of fused-ring (bicyclic) bond motifs is 1. The number of halogens is 1. The fourth-order valence-electron chi connectivity index (χ4n) is 3.20. The first-order valence-corrected chi connectivity index (χ1v) is 8.54. The molecular weight excluding hydrogens is 336 g/mol. The first-order chi connectivity index (χ1) is 12.1. The van der Waals surface area contributed by atoms with Gasteiger partial charge in [0.25, 0.3) is 5.91 Å². The third-order valence-corrected chi connectivity index (χ3v) is 4.89. The van der Waals surface area contributed by atoms with Crippen molar-refractivity contribution in [3.8, 4) is 0 Å². The van der Waals surface area contributed by atoms with Crippen molar-refractivity contribution in [1.29, 1.82) is 0 Å². The van der Waals surface area contributed by atoms with Crippen molar-refractivity contribution < 1.29 is 4.79 Å². The van der Waals surface area contributed by atoms with Gasteiger partial charge in [-0.1, -0.05) is 11.6 Å². The normalized spacial score (nSPS) is 15.1. The number of carbonyl (C=O) groups is 1. The monoisotopic (exact) mass is 352 g/mol. The maximum atomic E-state index is 12.9. The van der Waals surface area contributed by atoms with E-state index in [2.05, 4.69) is 16.9 Å². The van der Waals surface area contributed by atoms with Crippen LogP contribution in [0.1, 0.15) is 34.5 Å². The van der Waals surface area contributed by atoms with E-state index in [4.69, 9.17) is 11.6 Å². The molecule has 126 valence electrons. The number of imidazole rings is 1. The molecule has 25 heavy (non-hydrogen) atoms. The molecule has 0 saturated carbocycles. The summed E-state index contributed by atoms with van der Waals surface area (Å²) in [5, 5.41) is 0.665. The Balaban J connectivity index is 1.66. The predicted octanol–water partition coefficient (Wildman–Crippen LogP) is 3.74. The van der Waals surface area contributed by atoms with Crippen molar-refractivity contribution >= 4 is 23.2 Å². The zero-order valence-corrected chi connectivity index (χ0v) is 14.5. The molecule has 0 N–H and O–H groups in total. The lowest BCUT2D eigenvalue weighted by atomic mass is 9.98. The number of amides is 1. The van der Waals surface area contributed by atoms with E-state index in [9.17, 15) is 4.79 Å². The highest BCUT2D eigenvalue weighted by Crippen LogP contribution is 2.28. The van der Waals surface area contributed by atoms with Gasteiger partial charge >= 0.3 is 0 Å². The van der Waals surface area contributed by atoms with Crippen LogP contribution < -0.4 is 4.90 Å². The number of rotatable bonds is 3. The molecule has 1 aromatic carbocycles. The molecule has 0 aliphatic carbocycles. The Bertz CT molecular complexity index is 923. The Labute approximate surface area is 150 Å². The molecule has 0 saturated heterocycles. The Morgan fingerprint density at radius 2 is 2.08 bits per heavy atom. The number of nitrogens with zero attached hydrogens (tertiary/aromatic N) is 4. The van der Waals surface area contributed by atoms with E-state index >= 15 is 0 Å². The molecule has 0 radical (unpaired) electrons. The minimum absolute atomic E-state index is 0.00727. The van der Waals surface area contributed by atoms with Crippen molar-refractivity contribution in [3.05, 3.63) is 77.1 Å². The van der Waals surface area contributed by atoms with Gasteiger partial charge < -0.3 is 9.47 Å². The Kier molecular flexibility index (Phi) is 4.01. The van der Waals surface area contributed by atoms with Crippen LogP contribution in [-0.2, 0) is 6.42 Å². The quantitative estimate of drug-likeness (QED) is 0.721. The number of aromatic nitrogens is 3. The number of anilines is 1. The van der Waals surface area contributed by atoms with Gasteiger partial charge in [0.2, 0.25) is 0 Å². The lowest BCUT2D eigenvalue weighted by Gasteiger charge is -2.29. The van der Waals surface area contributed by atoms with Gasteiger partial charge in [-0.05, 0) is 48.7 Å². The molecule has 1 aliphatic rings. The third-order valence-electron chi connectivity index (χ3n) is 4.66. The molecule has 0 spiro atoms. The zero-order chi connectivity index (χ0) is 17.4.